The van der Waals surface area contributed by atoms with Crippen LogP contribution in [0.3, 0.4) is 0 Å². The van der Waals surface area contributed by atoms with Crippen LogP contribution in [0.1, 0.15) is 10.4 Å². The maximum Gasteiger partial charge on any atom is 0.337 e. The Kier molecular flexibility index (Phi) is 3.51. The predicted molar refractivity (Wildman–Crippen MR) is 54.9 cm³/mol. The first-order valence-corrected chi connectivity index (χ1v) is 5.55. The topological polar surface area (TPSA) is 95.5 Å². The minimum atomic E-state index is -3.93. The molecule has 0 saturated heterocycles. The Morgan fingerprint density at radius 2 is 1.93 bits per heavy atom. The van der Waals surface area contributed by atoms with Crippen molar-refractivity contribution in [1.29, 1.82) is 0 Å². The number of carbonyl (C=O) groups is 1. The van der Waals surface area contributed by atoms with Crippen LogP contribution in [0.25, 0.3) is 0 Å². The molecule has 0 heterocycles. The summed E-state index contributed by atoms with van der Waals surface area (Å²) in [5.74, 6) is -1.23. The highest BCUT2D eigenvalue weighted by molar-refractivity contribution is 7.91. The molecule has 0 atom stereocenters. The molecule has 0 fully saturated rings. The van der Waals surface area contributed by atoms with Gasteiger partial charge in [0.2, 0.25) is 0 Å². The van der Waals surface area contributed by atoms with E-state index in [9.17, 15) is 13.2 Å². The average Bonchev–Trinajstić information content (AvgIpc) is 2.18. The van der Waals surface area contributed by atoms with Gasteiger partial charge in [0, 0.05) is 0 Å². The summed E-state index contributed by atoms with van der Waals surface area (Å²) < 4.78 is 25.5. The molecule has 8 heteroatoms. The van der Waals surface area contributed by atoms with Crippen molar-refractivity contribution in [3.63, 3.8) is 0 Å². The van der Waals surface area contributed by atoms with E-state index in [1.807, 2.05) is 4.72 Å². The van der Waals surface area contributed by atoms with E-state index in [1.165, 1.54) is 28.5 Å². The van der Waals surface area contributed by atoms with E-state index in [-0.39, 0.29) is 11.3 Å². The molecule has 82 valence electrons. The van der Waals surface area contributed by atoms with Gasteiger partial charge >= 0.3 is 16.2 Å². The Labute approximate surface area is 91.2 Å². The largest absolute Gasteiger partial charge is 0.478 e. The molecule has 0 amide bonds. The van der Waals surface area contributed by atoms with Crippen molar-refractivity contribution >= 4 is 33.6 Å². The molecule has 1 rings (SSSR count). The molecule has 0 unspecified atom stereocenters. The standard InChI is InChI=1S/C7H7ClN2O4S/c8-10-15(13,14)9-6-4-2-1-3-5(6)7(11)12/h1-4,9-10H,(H,11,12). The average molecular weight is 251 g/mol. The molecule has 0 bridgehead atoms. The van der Waals surface area contributed by atoms with Gasteiger partial charge in [-0.3, -0.25) is 4.72 Å². The minimum absolute atomic E-state index is 0.0573. The van der Waals surface area contributed by atoms with E-state index < -0.39 is 16.2 Å². The van der Waals surface area contributed by atoms with Crippen molar-refractivity contribution in [3.8, 4) is 0 Å². The van der Waals surface area contributed by atoms with Crippen LogP contribution in [0.15, 0.2) is 24.3 Å². The Morgan fingerprint density at radius 3 is 2.47 bits per heavy atom. The number of para-hydroxylation sites is 1. The molecule has 0 aliphatic heterocycles. The number of hydrogen-bond acceptors (Lipinski definition) is 3. The summed E-state index contributed by atoms with van der Waals surface area (Å²) in [6.45, 7) is 0. The number of rotatable bonds is 4. The molecule has 0 radical (unpaired) electrons. The first kappa shape index (κ1) is 11.8. The number of anilines is 1. The van der Waals surface area contributed by atoms with Crippen molar-refractivity contribution in [2.45, 2.75) is 0 Å². The zero-order chi connectivity index (χ0) is 11.5. The van der Waals surface area contributed by atoms with E-state index in [4.69, 9.17) is 16.9 Å². The molecule has 0 saturated carbocycles. The van der Waals surface area contributed by atoms with Crippen LogP contribution in [0.5, 0.6) is 0 Å². The predicted octanol–water partition coefficient (Wildman–Crippen LogP) is 0.785. The monoisotopic (exact) mass is 250 g/mol. The molecule has 1 aromatic rings. The van der Waals surface area contributed by atoms with Crippen LogP contribution in [0.2, 0.25) is 0 Å². The lowest BCUT2D eigenvalue weighted by atomic mass is 10.2. The van der Waals surface area contributed by atoms with Crippen LogP contribution in [-0.2, 0) is 10.2 Å². The van der Waals surface area contributed by atoms with Crippen molar-refractivity contribution in [3.05, 3.63) is 29.8 Å². The lowest BCUT2D eigenvalue weighted by Crippen LogP contribution is -2.23. The molecule has 0 aromatic heterocycles. The number of carboxylic acid groups (broad SMARTS) is 1. The molecule has 15 heavy (non-hydrogen) atoms. The van der Waals surface area contributed by atoms with Gasteiger partial charge in [0.05, 0.1) is 11.3 Å². The fourth-order valence-corrected chi connectivity index (χ4v) is 1.54. The van der Waals surface area contributed by atoms with E-state index in [0.717, 1.165) is 0 Å². The van der Waals surface area contributed by atoms with E-state index in [0.29, 0.717) is 0 Å². The Balaban J connectivity index is 3.10. The highest BCUT2D eigenvalue weighted by atomic mass is 35.5. The van der Waals surface area contributed by atoms with Crippen molar-refractivity contribution in [2.24, 2.45) is 0 Å². The molecule has 1 aromatic carbocycles. The van der Waals surface area contributed by atoms with Crippen LogP contribution in [0.4, 0.5) is 5.69 Å². The maximum absolute atomic E-state index is 11.0. The van der Waals surface area contributed by atoms with E-state index in [1.54, 1.807) is 0 Å². The molecular weight excluding hydrogens is 244 g/mol. The van der Waals surface area contributed by atoms with Crippen molar-refractivity contribution in [1.82, 2.24) is 4.24 Å². The zero-order valence-electron chi connectivity index (χ0n) is 7.27. The second kappa shape index (κ2) is 4.47. The summed E-state index contributed by atoms with van der Waals surface area (Å²) in [6, 6.07) is 5.57. The number of hydrogen-bond donors (Lipinski definition) is 3. The van der Waals surface area contributed by atoms with Crippen LogP contribution in [0, 0.1) is 0 Å². The first-order valence-electron chi connectivity index (χ1n) is 3.69. The molecule has 0 aliphatic rings. The van der Waals surface area contributed by atoms with Gasteiger partial charge in [-0.25, -0.2) is 4.79 Å². The zero-order valence-corrected chi connectivity index (χ0v) is 8.84. The van der Waals surface area contributed by atoms with Gasteiger partial charge in [0.15, 0.2) is 0 Å². The second-order valence-corrected chi connectivity index (χ2v) is 4.36. The van der Waals surface area contributed by atoms with Crippen LogP contribution >= 0.6 is 11.8 Å². The second-order valence-electron chi connectivity index (χ2n) is 2.53. The third-order valence-corrected chi connectivity index (χ3v) is 2.80. The highest BCUT2D eigenvalue weighted by Gasteiger charge is 2.14. The summed E-state index contributed by atoms with van der Waals surface area (Å²) in [5, 5.41) is 8.75. The van der Waals surface area contributed by atoms with Crippen LogP contribution < -0.4 is 8.96 Å². The van der Waals surface area contributed by atoms with E-state index >= 15 is 0 Å². The molecule has 6 nitrogen and oxygen atoms in total. The third-order valence-electron chi connectivity index (χ3n) is 1.50. The fraction of sp³-hybridized carbons (Fsp3) is 0. The molecule has 0 aliphatic carbocycles. The number of nitrogens with one attached hydrogen (secondary N) is 2. The Bertz CT molecular complexity index is 474. The van der Waals surface area contributed by atoms with E-state index in [2.05, 4.69) is 0 Å². The van der Waals surface area contributed by atoms with Gasteiger partial charge < -0.3 is 5.11 Å². The Hall–Kier alpha value is -1.31. The quantitative estimate of drug-likeness (QED) is 0.689. The molecular formula is C7H7ClN2O4S. The lowest BCUT2D eigenvalue weighted by molar-refractivity contribution is 0.0698. The summed E-state index contributed by atoms with van der Waals surface area (Å²) in [4.78, 5) is 10.7. The highest BCUT2D eigenvalue weighted by Crippen LogP contribution is 2.15. The SMILES string of the molecule is O=C(O)c1ccccc1NS(=O)(=O)NCl. The fourth-order valence-electron chi connectivity index (χ4n) is 0.923. The van der Waals surface area contributed by atoms with Crippen molar-refractivity contribution < 1.29 is 18.3 Å². The molecule has 0 spiro atoms. The minimum Gasteiger partial charge on any atom is -0.478 e. The summed E-state index contributed by atoms with van der Waals surface area (Å²) in [7, 11) is -3.93. The van der Waals surface area contributed by atoms with Gasteiger partial charge in [-0.05, 0) is 23.9 Å². The van der Waals surface area contributed by atoms with Gasteiger partial charge in [-0.1, -0.05) is 12.1 Å². The summed E-state index contributed by atoms with van der Waals surface area (Å²) in [6.07, 6.45) is 0. The Morgan fingerprint density at radius 1 is 1.33 bits per heavy atom. The van der Waals surface area contributed by atoms with Gasteiger partial charge in [-0.15, -0.1) is 4.24 Å². The third kappa shape index (κ3) is 3.08. The van der Waals surface area contributed by atoms with Gasteiger partial charge in [0.1, 0.15) is 0 Å². The number of aromatic carboxylic acids is 1. The van der Waals surface area contributed by atoms with Gasteiger partial charge in [0.25, 0.3) is 0 Å². The number of carboxylic acids is 1. The number of benzene rings is 1. The normalized spacial score (nSPS) is 11.0. The summed E-state index contributed by atoms with van der Waals surface area (Å²) >= 11 is 4.93. The van der Waals surface area contributed by atoms with Gasteiger partial charge in [-0.2, -0.15) is 8.42 Å². The number of halogens is 1. The van der Waals surface area contributed by atoms with Crippen molar-refractivity contribution in [2.75, 3.05) is 4.72 Å². The molecule has 3 N–H and O–H groups in total. The maximum atomic E-state index is 11.0. The lowest BCUT2D eigenvalue weighted by Gasteiger charge is -2.07. The summed E-state index contributed by atoms with van der Waals surface area (Å²) in [5.41, 5.74) is -0.217. The smallest absolute Gasteiger partial charge is 0.337 e. The first-order chi connectivity index (χ1) is 6.96. The van der Waals surface area contributed by atoms with Crippen LogP contribution in [-0.4, -0.2) is 19.5 Å².